The molecule has 3 rings (SSSR count). The number of rotatable bonds is 6. The van der Waals surface area contributed by atoms with Gasteiger partial charge in [-0.25, -0.2) is 0 Å². The van der Waals surface area contributed by atoms with Crippen molar-refractivity contribution in [2.75, 3.05) is 13.2 Å². The maximum Gasteiger partial charge on any atom is 0.326 e. The first-order chi connectivity index (χ1) is 13.9. The van der Waals surface area contributed by atoms with Gasteiger partial charge < -0.3 is 14.0 Å². The zero-order valence-corrected chi connectivity index (χ0v) is 18.1. The van der Waals surface area contributed by atoms with E-state index in [0.717, 1.165) is 4.70 Å². The van der Waals surface area contributed by atoms with Crippen LogP contribution in [0.5, 0.6) is 5.75 Å². The molecule has 6 nitrogen and oxygen atoms in total. The average Bonchev–Trinajstić information content (AvgIpc) is 2.99. The second-order valence-corrected chi connectivity index (χ2v) is 7.77. The van der Waals surface area contributed by atoms with Gasteiger partial charge >= 0.3 is 5.97 Å². The number of hydrogen-bond donors (Lipinski definition) is 0. The van der Waals surface area contributed by atoms with Gasteiger partial charge in [-0.15, -0.1) is 0 Å². The van der Waals surface area contributed by atoms with E-state index < -0.39 is 11.9 Å². The van der Waals surface area contributed by atoms with Gasteiger partial charge in [0.2, 0.25) is 0 Å². The largest absolute Gasteiger partial charge is 0.492 e. The topological polar surface area (TPSA) is 69.9 Å². The van der Waals surface area contributed by atoms with E-state index in [1.54, 1.807) is 11.5 Å². The molecule has 1 amide bonds. The number of thiazole rings is 1. The van der Waals surface area contributed by atoms with Gasteiger partial charge in [0.15, 0.2) is 4.80 Å². The molecule has 3 aromatic rings. The van der Waals surface area contributed by atoms with E-state index in [-0.39, 0.29) is 18.7 Å². The normalized spacial score (nSPS) is 11.7. The lowest BCUT2D eigenvalue weighted by Gasteiger charge is -2.09. The number of carbonyl (C=O) groups is 2. The lowest BCUT2D eigenvalue weighted by Crippen LogP contribution is -2.23. The van der Waals surface area contributed by atoms with Crippen LogP contribution in [-0.4, -0.2) is 29.7 Å². The minimum Gasteiger partial charge on any atom is -0.492 e. The highest BCUT2D eigenvalue weighted by molar-refractivity contribution is 7.16. The Morgan fingerprint density at radius 2 is 1.83 bits per heavy atom. The average molecular weight is 453 g/mol. The van der Waals surface area contributed by atoms with Gasteiger partial charge in [0, 0.05) is 15.6 Å². The first-order valence-corrected chi connectivity index (χ1v) is 10.5. The lowest BCUT2D eigenvalue weighted by atomic mass is 10.2. The van der Waals surface area contributed by atoms with E-state index in [1.807, 2.05) is 25.1 Å². The van der Waals surface area contributed by atoms with Crippen LogP contribution in [0.25, 0.3) is 10.2 Å². The summed E-state index contributed by atoms with van der Waals surface area (Å²) < 4.78 is 13.3. The highest BCUT2D eigenvalue weighted by atomic mass is 35.5. The van der Waals surface area contributed by atoms with Gasteiger partial charge in [0.05, 0.1) is 17.9 Å². The minimum atomic E-state index is -0.517. The third-order valence-electron chi connectivity index (χ3n) is 3.86. The highest BCUT2D eigenvalue weighted by Crippen LogP contribution is 2.28. The highest BCUT2D eigenvalue weighted by Gasteiger charge is 2.16. The summed E-state index contributed by atoms with van der Waals surface area (Å²) in [6.45, 7) is 4.23. The Bertz CT molecular complexity index is 1120. The molecular formula is C20H18Cl2N2O4S. The van der Waals surface area contributed by atoms with Crippen molar-refractivity contribution in [1.82, 2.24) is 4.57 Å². The Morgan fingerprint density at radius 1 is 1.10 bits per heavy atom. The molecule has 0 N–H and O–H groups in total. The van der Waals surface area contributed by atoms with Crippen molar-refractivity contribution in [3.05, 3.63) is 56.8 Å². The van der Waals surface area contributed by atoms with Crippen LogP contribution in [0.2, 0.25) is 10.0 Å². The molecule has 0 unspecified atom stereocenters. The third kappa shape index (κ3) is 4.98. The number of halogens is 2. The Balaban J connectivity index is 2.17. The summed E-state index contributed by atoms with van der Waals surface area (Å²) in [5, 5.41) is 0.677. The summed E-state index contributed by atoms with van der Waals surface area (Å²) in [6.07, 6.45) is 0. The van der Waals surface area contributed by atoms with Crippen LogP contribution in [-0.2, 0) is 16.1 Å². The number of amides is 1. The van der Waals surface area contributed by atoms with Crippen LogP contribution < -0.4 is 9.54 Å². The van der Waals surface area contributed by atoms with Crippen molar-refractivity contribution in [3.8, 4) is 5.75 Å². The molecule has 0 aliphatic heterocycles. The number of ether oxygens (including phenoxy) is 2. The number of nitrogens with zero attached hydrogens (tertiary/aromatic N) is 2. The number of hydrogen-bond acceptors (Lipinski definition) is 5. The van der Waals surface area contributed by atoms with E-state index in [9.17, 15) is 9.59 Å². The predicted molar refractivity (Wildman–Crippen MR) is 114 cm³/mol. The van der Waals surface area contributed by atoms with Crippen LogP contribution in [0.4, 0.5) is 0 Å². The fourth-order valence-corrected chi connectivity index (χ4v) is 4.34. The Morgan fingerprint density at radius 3 is 2.48 bits per heavy atom. The van der Waals surface area contributed by atoms with Crippen LogP contribution in [0, 0.1) is 0 Å². The van der Waals surface area contributed by atoms with Crippen molar-refractivity contribution in [2.45, 2.75) is 20.4 Å². The predicted octanol–water partition coefficient (Wildman–Crippen LogP) is 4.71. The van der Waals surface area contributed by atoms with Crippen molar-refractivity contribution < 1.29 is 19.1 Å². The number of esters is 1. The van der Waals surface area contributed by atoms with Crippen LogP contribution in [0.1, 0.15) is 24.2 Å². The van der Waals surface area contributed by atoms with Crippen LogP contribution >= 0.6 is 34.5 Å². The second kappa shape index (κ2) is 9.43. The molecule has 0 atom stereocenters. The quantitative estimate of drug-likeness (QED) is 0.507. The van der Waals surface area contributed by atoms with Crippen molar-refractivity contribution >= 4 is 56.6 Å². The first-order valence-electron chi connectivity index (χ1n) is 8.88. The number of para-hydroxylation sites is 1. The zero-order chi connectivity index (χ0) is 21.0. The molecule has 152 valence electrons. The summed E-state index contributed by atoms with van der Waals surface area (Å²) in [4.78, 5) is 29.5. The molecule has 0 aliphatic carbocycles. The number of benzene rings is 2. The first kappa shape index (κ1) is 21.4. The summed E-state index contributed by atoms with van der Waals surface area (Å²) >= 11 is 13.3. The lowest BCUT2D eigenvalue weighted by molar-refractivity contribution is -0.143. The maximum atomic E-state index is 12.7. The van der Waals surface area contributed by atoms with E-state index in [4.69, 9.17) is 32.7 Å². The minimum absolute atomic E-state index is 0.0969. The standard InChI is InChI=1S/C20H18Cl2N2O4S/c1-3-27-15-6-5-7-16-18(15)24(11-17(25)28-4-2)20(29-16)23-19(26)12-8-13(21)10-14(22)9-12/h5-10H,3-4,11H2,1-2H3. The zero-order valence-electron chi connectivity index (χ0n) is 15.8. The third-order valence-corrected chi connectivity index (χ3v) is 5.34. The van der Waals surface area contributed by atoms with Gasteiger partial charge in [-0.05, 0) is 44.2 Å². The van der Waals surface area contributed by atoms with Gasteiger partial charge in [0.25, 0.3) is 5.91 Å². The number of fused-ring (bicyclic) bond motifs is 1. The molecule has 1 heterocycles. The van der Waals surface area contributed by atoms with Gasteiger partial charge in [-0.2, -0.15) is 4.99 Å². The maximum absolute atomic E-state index is 12.7. The molecule has 0 aliphatic rings. The molecule has 0 saturated heterocycles. The molecule has 29 heavy (non-hydrogen) atoms. The fraction of sp³-hybridized carbons (Fsp3) is 0.250. The second-order valence-electron chi connectivity index (χ2n) is 5.89. The molecule has 1 aromatic heterocycles. The van der Waals surface area contributed by atoms with E-state index in [2.05, 4.69) is 4.99 Å². The molecule has 2 aromatic carbocycles. The molecule has 0 fully saturated rings. The van der Waals surface area contributed by atoms with Crippen molar-refractivity contribution in [2.24, 2.45) is 4.99 Å². The van der Waals surface area contributed by atoms with Crippen LogP contribution in [0.15, 0.2) is 41.4 Å². The fourth-order valence-electron chi connectivity index (χ4n) is 2.77. The van der Waals surface area contributed by atoms with E-state index in [0.29, 0.717) is 32.7 Å². The van der Waals surface area contributed by atoms with Gasteiger partial charge in [-0.1, -0.05) is 40.6 Å². The van der Waals surface area contributed by atoms with E-state index in [1.165, 1.54) is 29.5 Å². The van der Waals surface area contributed by atoms with E-state index >= 15 is 0 Å². The Kier molecular flexibility index (Phi) is 6.95. The summed E-state index contributed by atoms with van der Waals surface area (Å²) in [5.41, 5.74) is 0.941. The molecule has 0 bridgehead atoms. The Hall–Kier alpha value is -2.35. The molecular weight excluding hydrogens is 435 g/mol. The van der Waals surface area contributed by atoms with Crippen LogP contribution in [0.3, 0.4) is 0 Å². The molecule has 0 spiro atoms. The number of carbonyl (C=O) groups excluding carboxylic acids is 2. The smallest absolute Gasteiger partial charge is 0.326 e. The monoisotopic (exact) mass is 452 g/mol. The molecule has 0 radical (unpaired) electrons. The van der Waals surface area contributed by atoms with Gasteiger partial charge in [-0.3, -0.25) is 9.59 Å². The summed E-state index contributed by atoms with van der Waals surface area (Å²) in [5.74, 6) is -0.347. The Labute approximate surface area is 181 Å². The summed E-state index contributed by atoms with van der Waals surface area (Å²) in [6, 6.07) is 10.1. The SMILES string of the molecule is CCOC(=O)Cn1c(=NC(=O)c2cc(Cl)cc(Cl)c2)sc2cccc(OCC)c21. The van der Waals surface area contributed by atoms with Crippen molar-refractivity contribution in [1.29, 1.82) is 0 Å². The van der Waals surface area contributed by atoms with Crippen molar-refractivity contribution in [3.63, 3.8) is 0 Å². The molecule has 9 heteroatoms. The summed E-state index contributed by atoms with van der Waals surface area (Å²) in [7, 11) is 0. The number of aromatic nitrogens is 1. The van der Waals surface area contributed by atoms with Gasteiger partial charge in [0.1, 0.15) is 17.8 Å². The molecule has 0 saturated carbocycles.